The highest BCUT2D eigenvalue weighted by molar-refractivity contribution is 7.13. The normalized spacial score (nSPS) is 15.3. The van der Waals surface area contributed by atoms with Crippen molar-refractivity contribution in [1.29, 1.82) is 0 Å². The zero-order valence-electron chi connectivity index (χ0n) is 16.6. The van der Waals surface area contributed by atoms with Gasteiger partial charge in [-0.25, -0.2) is 9.67 Å². The van der Waals surface area contributed by atoms with E-state index in [0.717, 1.165) is 16.8 Å². The largest absolute Gasteiger partial charge is 0.463 e. The van der Waals surface area contributed by atoms with E-state index in [1.807, 2.05) is 72.1 Å². The number of fused-ring (bicyclic) bond motifs is 1. The van der Waals surface area contributed by atoms with E-state index in [1.54, 1.807) is 22.0 Å². The van der Waals surface area contributed by atoms with Gasteiger partial charge in [0.15, 0.2) is 16.6 Å². The monoisotopic (exact) mass is 458 g/mol. The predicted octanol–water partition coefficient (Wildman–Crippen LogP) is 5.99. The van der Waals surface area contributed by atoms with Crippen molar-refractivity contribution in [2.75, 3.05) is 4.90 Å². The van der Waals surface area contributed by atoms with Gasteiger partial charge in [-0.1, -0.05) is 48.0 Å². The lowest BCUT2D eigenvalue weighted by molar-refractivity contribution is 0.0988. The topological polar surface area (TPSA) is 64.2 Å². The average molecular weight is 459 g/mol. The molecule has 156 valence electrons. The van der Waals surface area contributed by atoms with Gasteiger partial charge in [-0.3, -0.25) is 9.69 Å². The minimum absolute atomic E-state index is 0.220. The molecule has 8 heteroatoms. The molecule has 0 N–H and O–H groups in total. The van der Waals surface area contributed by atoms with Gasteiger partial charge in [0, 0.05) is 22.2 Å². The molecule has 6 nitrogen and oxygen atoms in total. The molecule has 1 amide bonds. The number of thiazole rings is 1. The van der Waals surface area contributed by atoms with E-state index in [1.165, 1.54) is 11.3 Å². The molecule has 1 atom stereocenters. The van der Waals surface area contributed by atoms with E-state index >= 15 is 0 Å². The van der Waals surface area contributed by atoms with Crippen molar-refractivity contribution in [2.24, 2.45) is 0 Å². The summed E-state index contributed by atoms with van der Waals surface area (Å²) >= 11 is 8.04. The molecule has 6 rings (SSSR count). The number of hydrogen-bond acceptors (Lipinski definition) is 5. The standard InChI is InChI=1S/C24H15ClN4O2S/c25-17-10-5-4-9-16(17)21-19-20(23(30)28(21)24-26-12-14-32-24)27-29(15-7-2-1-3-8-15)22(19)18-11-6-13-31-18/h1-14,21H. The van der Waals surface area contributed by atoms with Crippen LogP contribution < -0.4 is 4.90 Å². The quantitative estimate of drug-likeness (QED) is 0.331. The molecule has 0 bridgehead atoms. The van der Waals surface area contributed by atoms with Crippen molar-refractivity contribution in [3.8, 4) is 17.1 Å². The number of para-hydroxylation sites is 1. The Morgan fingerprint density at radius 1 is 1.00 bits per heavy atom. The van der Waals surface area contributed by atoms with E-state index < -0.39 is 6.04 Å². The molecular weight excluding hydrogens is 444 g/mol. The maximum atomic E-state index is 13.7. The van der Waals surface area contributed by atoms with Crippen molar-refractivity contribution < 1.29 is 9.21 Å². The van der Waals surface area contributed by atoms with Crippen LogP contribution in [-0.4, -0.2) is 20.7 Å². The van der Waals surface area contributed by atoms with Gasteiger partial charge in [-0.2, -0.15) is 5.10 Å². The highest BCUT2D eigenvalue weighted by Gasteiger charge is 2.46. The van der Waals surface area contributed by atoms with Crippen molar-refractivity contribution in [3.05, 3.63) is 106 Å². The molecule has 2 aromatic carbocycles. The third-order valence-corrected chi connectivity index (χ3v) is 6.57. The Morgan fingerprint density at radius 2 is 1.81 bits per heavy atom. The smallest absolute Gasteiger partial charge is 0.281 e. The van der Waals surface area contributed by atoms with E-state index in [-0.39, 0.29) is 5.91 Å². The lowest BCUT2D eigenvalue weighted by atomic mass is 9.98. The summed E-state index contributed by atoms with van der Waals surface area (Å²) < 4.78 is 7.57. The first-order valence-electron chi connectivity index (χ1n) is 9.93. The first-order chi connectivity index (χ1) is 15.7. The number of carbonyl (C=O) groups is 1. The summed E-state index contributed by atoms with van der Waals surface area (Å²) in [4.78, 5) is 19.8. The molecule has 0 spiro atoms. The van der Waals surface area contributed by atoms with Crippen LogP contribution in [0.4, 0.5) is 5.13 Å². The van der Waals surface area contributed by atoms with E-state index in [4.69, 9.17) is 21.1 Å². The molecule has 1 aliphatic heterocycles. The summed E-state index contributed by atoms with van der Waals surface area (Å²) in [5.41, 5.74) is 3.46. The van der Waals surface area contributed by atoms with E-state index in [2.05, 4.69) is 4.98 Å². The molecule has 32 heavy (non-hydrogen) atoms. The van der Waals surface area contributed by atoms with Gasteiger partial charge in [0.2, 0.25) is 0 Å². The number of rotatable bonds is 4. The number of aromatic nitrogens is 3. The fourth-order valence-electron chi connectivity index (χ4n) is 4.14. The maximum absolute atomic E-state index is 13.7. The first kappa shape index (κ1) is 19.0. The van der Waals surface area contributed by atoms with Gasteiger partial charge >= 0.3 is 0 Å². The number of anilines is 1. The zero-order valence-corrected chi connectivity index (χ0v) is 18.1. The average Bonchev–Trinajstić information content (AvgIpc) is 3.61. The van der Waals surface area contributed by atoms with Crippen molar-refractivity contribution in [3.63, 3.8) is 0 Å². The van der Waals surface area contributed by atoms with Crippen LogP contribution in [0, 0.1) is 0 Å². The van der Waals surface area contributed by atoms with Gasteiger partial charge in [0.1, 0.15) is 5.69 Å². The highest BCUT2D eigenvalue weighted by Crippen LogP contribution is 2.48. The fourth-order valence-corrected chi connectivity index (χ4v) is 5.04. The summed E-state index contributed by atoms with van der Waals surface area (Å²) in [6.07, 6.45) is 3.30. The molecular formula is C24H15ClN4O2S. The zero-order chi connectivity index (χ0) is 21.7. The number of benzene rings is 2. The minimum Gasteiger partial charge on any atom is -0.463 e. The Kier molecular flexibility index (Phi) is 4.45. The molecule has 0 fully saturated rings. The molecule has 4 heterocycles. The Bertz CT molecular complexity index is 1410. The molecule has 0 radical (unpaired) electrons. The summed E-state index contributed by atoms with van der Waals surface area (Å²) in [6, 6.07) is 20.5. The van der Waals surface area contributed by atoms with Crippen LogP contribution in [0.15, 0.2) is 89.0 Å². The minimum atomic E-state index is -0.491. The number of hydrogen-bond donors (Lipinski definition) is 0. The maximum Gasteiger partial charge on any atom is 0.281 e. The van der Waals surface area contributed by atoms with Crippen LogP contribution >= 0.6 is 22.9 Å². The summed E-state index contributed by atoms with van der Waals surface area (Å²) in [5.74, 6) is 0.399. The second-order valence-corrected chi connectivity index (χ2v) is 8.53. The number of carbonyl (C=O) groups excluding carboxylic acids is 1. The second kappa shape index (κ2) is 7.47. The van der Waals surface area contributed by atoms with Crippen LogP contribution in [-0.2, 0) is 0 Å². The van der Waals surface area contributed by atoms with Crippen molar-refractivity contribution >= 4 is 34.0 Å². The number of furan rings is 1. The Labute approximate surface area is 192 Å². The Hall–Kier alpha value is -3.68. The van der Waals surface area contributed by atoms with Gasteiger partial charge in [-0.05, 0) is 35.9 Å². The molecule has 1 aliphatic rings. The highest BCUT2D eigenvalue weighted by atomic mass is 35.5. The fraction of sp³-hybridized carbons (Fsp3) is 0.0417. The van der Waals surface area contributed by atoms with Gasteiger partial charge < -0.3 is 4.42 Å². The molecule has 1 unspecified atom stereocenters. The Balaban J connectivity index is 1.67. The molecule has 0 saturated carbocycles. The SMILES string of the molecule is O=C1c2nn(-c3ccccc3)c(-c3ccco3)c2C(c2ccccc2Cl)N1c1nccs1. The number of amides is 1. The summed E-state index contributed by atoms with van der Waals surface area (Å²) in [5, 5.41) is 7.77. The predicted molar refractivity (Wildman–Crippen MR) is 123 cm³/mol. The third-order valence-electron chi connectivity index (χ3n) is 5.46. The lowest BCUT2D eigenvalue weighted by Gasteiger charge is -2.25. The molecule has 3 aromatic heterocycles. The van der Waals surface area contributed by atoms with Crippen molar-refractivity contribution in [2.45, 2.75) is 6.04 Å². The van der Waals surface area contributed by atoms with Crippen LogP contribution in [0.1, 0.15) is 27.7 Å². The lowest BCUT2D eigenvalue weighted by Crippen LogP contribution is -2.29. The molecule has 0 aliphatic carbocycles. The first-order valence-corrected chi connectivity index (χ1v) is 11.2. The van der Waals surface area contributed by atoms with E-state index in [0.29, 0.717) is 27.3 Å². The van der Waals surface area contributed by atoms with Crippen LogP contribution in [0.5, 0.6) is 0 Å². The van der Waals surface area contributed by atoms with E-state index in [9.17, 15) is 4.79 Å². The summed E-state index contributed by atoms with van der Waals surface area (Å²) in [7, 11) is 0. The third kappa shape index (κ3) is 2.82. The van der Waals surface area contributed by atoms with Gasteiger partial charge in [0.25, 0.3) is 5.91 Å². The van der Waals surface area contributed by atoms with Crippen LogP contribution in [0.25, 0.3) is 17.1 Å². The second-order valence-electron chi connectivity index (χ2n) is 7.25. The molecule has 0 saturated heterocycles. The van der Waals surface area contributed by atoms with Gasteiger partial charge in [-0.15, -0.1) is 11.3 Å². The number of nitrogens with zero attached hydrogens (tertiary/aromatic N) is 4. The number of halogens is 1. The molecule has 5 aromatic rings. The van der Waals surface area contributed by atoms with Crippen molar-refractivity contribution in [1.82, 2.24) is 14.8 Å². The van der Waals surface area contributed by atoms with Crippen LogP contribution in [0.3, 0.4) is 0 Å². The Morgan fingerprint density at radius 3 is 2.53 bits per heavy atom. The van der Waals surface area contributed by atoms with Gasteiger partial charge in [0.05, 0.1) is 18.0 Å². The van der Waals surface area contributed by atoms with Crippen LogP contribution in [0.2, 0.25) is 5.02 Å². The summed E-state index contributed by atoms with van der Waals surface area (Å²) in [6.45, 7) is 0.